The van der Waals surface area contributed by atoms with Crippen LogP contribution in [-0.2, 0) is 16.0 Å². The van der Waals surface area contributed by atoms with Gasteiger partial charge < -0.3 is 9.47 Å². The number of carbonyl (C=O) groups excluding carboxylic acids is 2. The number of rotatable bonds is 2. The fraction of sp³-hybridized carbons (Fsp3) is 0.429. The van der Waals surface area contributed by atoms with Gasteiger partial charge in [0.05, 0.1) is 26.1 Å². The molecular weight excluding hydrogens is 246 g/mol. The third-order valence-electron chi connectivity index (χ3n) is 3.99. The van der Waals surface area contributed by atoms with Crippen LogP contribution >= 0.6 is 0 Å². The number of carbonyl (C=O) groups is 2. The lowest BCUT2D eigenvalue weighted by Gasteiger charge is -2.27. The summed E-state index contributed by atoms with van der Waals surface area (Å²) in [4.78, 5) is 23.7. The van der Waals surface area contributed by atoms with E-state index in [0.717, 1.165) is 17.5 Å². The second-order valence-corrected chi connectivity index (χ2v) is 4.85. The van der Waals surface area contributed by atoms with E-state index in [9.17, 15) is 9.59 Å². The molecule has 1 aliphatic heterocycles. The van der Waals surface area contributed by atoms with Crippen LogP contribution in [-0.4, -0.2) is 26.0 Å². The van der Waals surface area contributed by atoms with Gasteiger partial charge in [-0.3, -0.25) is 14.9 Å². The van der Waals surface area contributed by atoms with Gasteiger partial charge in [0.1, 0.15) is 0 Å². The van der Waals surface area contributed by atoms with Gasteiger partial charge in [-0.2, -0.15) is 0 Å². The smallest absolute Gasteiger partial charge is 0.234 e. The highest BCUT2D eigenvalue weighted by Crippen LogP contribution is 2.45. The molecule has 100 valence electrons. The standard InChI is InChI=1S/C14H15NO4/c1-18-10-6-5-7-8(12(10)19-2)3-4-9-11(7)14(17)15-13(9)16/h5-6,9,11H,3-4H2,1-2H3,(H,15,16,17). The van der Waals surface area contributed by atoms with Gasteiger partial charge in [-0.15, -0.1) is 0 Å². The average molecular weight is 261 g/mol. The van der Waals surface area contributed by atoms with Crippen molar-refractivity contribution in [2.45, 2.75) is 18.8 Å². The monoisotopic (exact) mass is 261 g/mol. The SMILES string of the molecule is COc1ccc2c(c1OC)CCC1C(=O)NC(=O)C21. The summed E-state index contributed by atoms with van der Waals surface area (Å²) < 4.78 is 10.7. The van der Waals surface area contributed by atoms with Gasteiger partial charge in [0.2, 0.25) is 11.8 Å². The highest BCUT2D eigenvalue weighted by Gasteiger charge is 2.46. The predicted octanol–water partition coefficient (Wildman–Crippen LogP) is 1.01. The second-order valence-electron chi connectivity index (χ2n) is 4.85. The Bertz CT molecular complexity index is 567. The van der Waals surface area contributed by atoms with Crippen LogP contribution < -0.4 is 14.8 Å². The van der Waals surface area contributed by atoms with Crippen molar-refractivity contribution in [1.82, 2.24) is 5.32 Å². The Hall–Kier alpha value is -2.04. The van der Waals surface area contributed by atoms with Crippen LogP contribution in [0.5, 0.6) is 11.5 Å². The molecule has 5 nitrogen and oxygen atoms in total. The number of imide groups is 1. The van der Waals surface area contributed by atoms with Crippen molar-refractivity contribution >= 4 is 11.8 Å². The van der Waals surface area contributed by atoms with Crippen LogP contribution in [0.3, 0.4) is 0 Å². The first-order valence-electron chi connectivity index (χ1n) is 6.25. The van der Waals surface area contributed by atoms with Crippen molar-refractivity contribution in [2.75, 3.05) is 14.2 Å². The Morgan fingerprint density at radius 3 is 2.63 bits per heavy atom. The average Bonchev–Trinajstić information content (AvgIpc) is 2.72. The van der Waals surface area contributed by atoms with E-state index in [1.807, 2.05) is 6.07 Å². The molecule has 1 N–H and O–H groups in total. The molecule has 1 heterocycles. The fourth-order valence-electron chi connectivity index (χ4n) is 3.14. The minimum absolute atomic E-state index is 0.157. The van der Waals surface area contributed by atoms with Gasteiger partial charge in [0.25, 0.3) is 0 Å². The summed E-state index contributed by atoms with van der Waals surface area (Å²) >= 11 is 0. The molecule has 1 saturated heterocycles. The molecule has 0 spiro atoms. The maximum atomic E-state index is 11.9. The summed E-state index contributed by atoms with van der Waals surface area (Å²) in [6, 6.07) is 3.65. The number of ether oxygens (including phenoxy) is 2. The zero-order valence-corrected chi connectivity index (χ0v) is 10.9. The lowest BCUT2D eigenvalue weighted by atomic mass is 9.76. The van der Waals surface area contributed by atoms with Crippen LogP contribution in [0.1, 0.15) is 23.5 Å². The molecule has 0 saturated carbocycles. The molecule has 0 bridgehead atoms. The van der Waals surface area contributed by atoms with Gasteiger partial charge in [0.15, 0.2) is 11.5 Å². The normalized spacial score (nSPS) is 24.5. The zero-order valence-electron chi connectivity index (χ0n) is 10.9. The summed E-state index contributed by atoms with van der Waals surface area (Å²) in [5.74, 6) is 0.350. The molecule has 2 aliphatic rings. The van der Waals surface area contributed by atoms with Crippen LogP contribution in [0.2, 0.25) is 0 Å². The van der Waals surface area contributed by atoms with E-state index in [1.165, 1.54) is 0 Å². The second kappa shape index (κ2) is 4.26. The Balaban J connectivity index is 2.14. The topological polar surface area (TPSA) is 64.6 Å². The third kappa shape index (κ3) is 1.61. The largest absolute Gasteiger partial charge is 0.493 e. The lowest BCUT2D eigenvalue weighted by Crippen LogP contribution is -2.23. The summed E-state index contributed by atoms with van der Waals surface area (Å²) in [7, 11) is 3.17. The first kappa shape index (κ1) is 12.0. The molecule has 3 rings (SSSR count). The summed E-state index contributed by atoms with van der Waals surface area (Å²) in [6.45, 7) is 0. The molecule has 0 radical (unpaired) electrons. The van der Waals surface area contributed by atoms with E-state index in [0.29, 0.717) is 17.9 Å². The number of benzene rings is 1. The molecule has 2 unspecified atom stereocenters. The number of methoxy groups -OCH3 is 2. The minimum atomic E-state index is -0.379. The van der Waals surface area contributed by atoms with Crippen LogP contribution in [0.4, 0.5) is 0 Å². The third-order valence-corrected chi connectivity index (χ3v) is 3.99. The summed E-state index contributed by atoms with van der Waals surface area (Å²) in [5.41, 5.74) is 1.87. The highest BCUT2D eigenvalue weighted by atomic mass is 16.5. The molecule has 0 aromatic heterocycles. The zero-order chi connectivity index (χ0) is 13.6. The van der Waals surface area contributed by atoms with Gasteiger partial charge in [-0.05, 0) is 24.5 Å². The van der Waals surface area contributed by atoms with Crippen molar-refractivity contribution in [3.8, 4) is 11.5 Å². The Labute approximate surface area is 110 Å². The first-order chi connectivity index (χ1) is 9.17. The molecular formula is C14H15NO4. The quantitative estimate of drug-likeness (QED) is 0.807. The van der Waals surface area contributed by atoms with Crippen LogP contribution in [0.15, 0.2) is 12.1 Å². The van der Waals surface area contributed by atoms with E-state index >= 15 is 0 Å². The van der Waals surface area contributed by atoms with E-state index in [4.69, 9.17) is 9.47 Å². The Morgan fingerprint density at radius 1 is 1.16 bits per heavy atom. The van der Waals surface area contributed by atoms with Gasteiger partial charge in [0, 0.05) is 5.56 Å². The van der Waals surface area contributed by atoms with E-state index in [2.05, 4.69) is 5.32 Å². The molecule has 1 aliphatic carbocycles. The lowest BCUT2D eigenvalue weighted by molar-refractivity contribution is -0.125. The predicted molar refractivity (Wildman–Crippen MR) is 67.2 cm³/mol. The summed E-state index contributed by atoms with van der Waals surface area (Å²) in [6.07, 6.45) is 1.39. The Kier molecular flexibility index (Phi) is 2.69. The van der Waals surface area contributed by atoms with Crippen molar-refractivity contribution in [3.63, 3.8) is 0 Å². The molecule has 1 aromatic carbocycles. The molecule has 1 fully saturated rings. The number of hydrogen-bond acceptors (Lipinski definition) is 4. The van der Waals surface area contributed by atoms with Crippen molar-refractivity contribution in [2.24, 2.45) is 5.92 Å². The minimum Gasteiger partial charge on any atom is -0.493 e. The fourth-order valence-corrected chi connectivity index (χ4v) is 3.14. The van der Waals surface area contributed by atoms with E-state index in [1.54, 1.807) is 20.3 Å². The molecule has 19 heavy (non-hydrogen) atoms. The molecule has 1 aromatic rings. The molecule has 2 amide bonds. The highest BCUT2D eigenvalue weighted by molar-refractivity contribution is 6.08. The van der Waals surface area contributed by atoms with Gasteiger partial charge >= 0.3 is 0 Å². The van der Waals surface area contributed by atoms with Gasteiger partial charge in [-0.25, -0.2) is 0 Å². The number of fused-ring (bicyclic) bond motifs is 3. The Morgan fingerprint density at radius 2 is 1.95 bits per heavy atom. The number of hydrogen-bond donors (Lipinski definition) is 1. The summed E-state index contributed by atoms with van der Waals surface area (Å²) in [5, 5.41) is 2.42. The van der Waals surface area contributed by atoms with Crippen molar-refractivity contribution in [3.05, 3.63) is 23.3 Å². The maximum Gasteiger partial charge on any atom is 0.234 e. The van der Waals surface area contributed by atoms with Crippen LogP contribution in [0, 0.1) is 5.92 Å². The van der Waals surface area contributed by atoms with E-state index in [-0.39, 0.29) is 23.7 Å². The van der Waals surface area contributed by atoms with Crippen molar-refractivity contribution in [1.29, 1.82) is 0 Å². The van der Waals surface area contributed by atoms with Gasteiger partial charge in [-0.1, -0.05) is 6.07 Å². The molecule has 5 heteroatoms. The maximum absolute atomic E-state index is 11.9. The van der Waals surface area contributed by atoms with Crippen molar-refractivity contribution < 1.29 is 19.1 Å². The first-order valence-corrected chi connectivity index (χ1v) is 6.25. The van der Waals surface area contributed by atoms with Crippen LogP contribution in [0.25, 0.3) is 0 Å². The van der Waals surface area contributed by atoms with E-state index < -0.39 is 0 Å². The molecule has 2 atom stereocenters. The number of amides is 2. The number of nitrogens with one attached hydrogen (secondary N) is 1.